The van der Waals surface area contributed by atoms with E-state index in [9.17, 15) is 29.4 Å². The van der Waals surface area contributed by atoms with Gasteiger partial charge in [-0.25, -0.2) is 4.79 Å². The Bertz CT molecular complexity index is 784. The summed E-state index contributed by atoms with van der Waals surface area (Å²) in [7, 11) is 0. The predicted molar refractivity (Wildman–Crippen MR) is 118 cm³/mol. The number of carboxylic acid groups (broad SMARTS) is 1. The predicted octanol–water partition coefficient (Wildman–Crippen LogP) is -0.458. The van der Waals surface area contributed by atoms with Crippen LogP contribution in [0, 0.1) is 5.92 Å². The Morgan fingerprint density at radius 2 is 1.44 bits per heavy atom. The van der Waals surface area contributed by atoms with Crippen LogP contribution in [0.1, 0.15) is 39.7 Å². The van der Waals surface area contributed by atoms with E-state index < -0.39 is 54.0 Å². The summed E-state index contributed by atoms with van der Waals surface area (Å²) in [5.41, 5.74) is 6.42. The number of carbonyl (C=O) groups excluding carboxylic acids is 3. The summed E-state index contributed by atoms with van der Waals surface area (Å²) in [6, 6.07) is 4.52. The lowest BCUT2D eigenvalue weighted by Gasteiger charge is -2.24. The fourth-order valence-corrected chi connectivity index (χ4v) is 2.92. The van der Waals surface area contributed by atoms with Crippen LogP contribution in [0.3, 0.4) is 0 Å². The van der Waals surface area contributed by atoms with E-state index in [4.69, 9.17) is 5.73 Å². The Kier molecular flexibility index (Phi) is 10.8. The van der Waals surface area contributed by atoms with Crippen LogP contribution in [0.2, 0.25) is 0 Å². The zero-order valence-electron chi connectivity index (χ0n) is 18.9. The van der Waals surface area contributed by atoms with Gasteiger partial charge in [0.15, 0.2) is 0 Å². The average Bonchev–Trinajstić information content (AvgIpc) is 2.72. The number of nitrogens with two attached hydrogens (primary N) is 1. The molecule has 0 spiro atoms. The molecule has 7 N–H and O–H groups in total. The van der Waals surface area contributed by atoms with Crippen LogP contribution in [0.25, 0.3) is 0 Å². The molecule has 1 aromatic carbocycles. The number of aliphatic carboxylic acids is 1. The lowest BCUT2D eigenvalue weighted by Crippen LogP contribution is -2.58. The molecule has 10 heteroatoms. The average molecular weight is 451 g/mol. The number of aliphatic hydroxyl groups excluding tert-OH is 1. The molecular weight excluding hydrogens is 416 g/mol. The molecular formula is C22H34N4O6. The van der Waals surface area contributed by atoms with E-state index in [0.717, 1.165) is 5.56 Å². The van der Waals surface area contributed by atoms with Gasteiger partial charge in [-0.3, -0.25) is 14.4 Å². The zero-order chi connectivity index (χ0) is 24.4. The Balaban J connectivity index is 2.89. The first-order valence-corrected chi connectivity index (χ1v) is 10.5. The van der Waals surface area contributed by atoms with Gasteiger partial charge in [-0.05, 0) is 31.7 Å². The molecule has 10 nitrogen and oxygen atoms in total. The van der Waals surface area contributed by atoms with Crippen molar-refractivity contribution in [2.75, 3.05) is 0 Å². The number of carbonyl (C=O) groups is 4. The molecule has 0 bridgehead atoms. The second-order valence-electron chi connectivity index (χ2n) is 8.28. The first-order chi connectivity index (χ1) is 14.9. The highest BCUT2D eigenvalue weighted by Crippen LogP contribution is 2.07. The molecule has 5 unspecified atom stereocenters. The number of hydrogen-bond donors (Lipinski definition) is 6. The first-order valence-electron chi connectivity index (χ1n) is 10.5. The lowest BCUT2D eigenvalue weighted by molar-refractivity contribution is -0.142. The smallest absolute Gasteiger partial charge is 0.326 e. The molecule has 1 aromatic rings. The third kappa shape index (κ3) is 9.03. The molecule has 32 heavy (non-hydrogen) atoms. The van der Waals surface area contributed by atoms with Crippen LogP contribution >= 0.6 is 0 Å². The maximum absolute atomic E-state index is 12.9. The Morgan fingerprint density at radius 1 is 0.875 bits per heavy atom. The molecule has 3 amide bonds. The molecule has 0 saturated heterocycles. The van der Waals surface area contributed by atoms with Gasteiger partial charge < -0.3 is 31.9 Å². The largest absolute Gasteiger partial charge is 0.480 e. The Labute approximate surface area is 187 Å². The summed E-state index contributed by atoms with van der Waals surface area (Å²) < 4.78 is 0. The van der Waals surface area contributed by atoms with Crippen molar-refractivity contribution in [2.45, 2.75) is 70.8 Å². The molecule has 0 radical (unpaired) electrons. The van der Waals surface area contributed by atoms with E-state index in [0.29, 0.717) is 0 Å². The van der Waals surface area contributed by atoms with Crippen LogP contribution in [0.4, 0.5) is 0 Å². The monoisotopic (exact) mass is 450 g/mol. The van der Waals surface area contributed by atoms with Crippen LogP contribution in [-0.2, 0) is 25.6 Å². The van der Waals surface area contributed by atoms with Crippen LogP contribution < -0.4 is 21.7 Å². The quantitative estimate of drug-likeness (QED) is 0.250. The van der Waals surface area contributed by atoms with E-state index in [1.54, 1.807) is 24.3 Å². The van der Waals surface area contributed by atoms with Crippen LogP contribution in [0.5, 0.6) is 0 Å². The summed E-state index contributed by atoms with van der Waals surface area (Å²) in [4.78, 5) is 49.0. The maximum atomic E-state index is 12.9. The summed E-state index contributed by atoms with van der Waals surface area (Å²) in [6.45, 7) is 6.45. The highest BCUT2D eigenvalue weighted by molar-refractivity contribution is 5.94. The van der Waals surface area contributed by atoms with Gasteiger partial charge in [0.25, 0.3) is 0 Å². The van der Waals surface area contributed by atoms with Crippen molar-refractivity contribution in [3.05, 3.63) is 35.9 Å². The zero-order valence-corrected chi connectivity index (χ0v) is 18.9. The molecule has 0 aliphatic carbocycles. The standard InChI is InChI=1S/C22H34N4O6/c1-12(2)10-17(22(31)32)26-19(28)13(3)24-20(29)16(11-15-8-6-5-7-9-15)25-21(30)18(23)14(4)27/h5-9,12-14,16-18,27H,10-11,23H2,1-4H3,(H,24,29)(H,25,30)(H,26,28)(H,31,32). The van der Waals surface area contributed by atoms with E-state index in [1.165, 1.54) is 13.8 Å². The molecule has 0 aromatic heterocycles. The number of amides is 3. The van der Waals surface area contributed by atoms with Gasteiger partial charge in [-0.1, -0.05) is 44.2 Å². The summed E-state index contributed by atoms with van der Waals surface area (Å²) in [6.07, 6.45) is -0.746. The van der Waals surface area contributed by atoms with E-state index in [-0.39, 0.29) is 18.8 Å². The highest BCUT2D eigenvalue weighted by atomic mass is 16.4. The molecule has 0 aliphatic rings. The third-order valence-electron chi connectivity index (χ3n) is 4.81. The maximum Gasteiger partial charge on any atom is 0.326 e. The lowest BCUT2D eigenvalue weighted by atomic mass is 10.0. The minimum atomic E-state index is -1.23. The fraction of sp³-hybridized carbons (Fsp3) is 0.545. The van der Waals surface area contributed by atoms with Gasteiger partial charge in [0.2, 0.25) is 17.7 Å². The van der Waals surface area contributed by atoms with Crippen LogP contribution in [-0.4, -0.2) is 64.2 Å². The first kappa shape index (κ1) is 27.1. The second kappa shape index (κ2) is 12.8. The number of carboxylic acids is 1. The van der Waals surface area contributed by atoms with Crippen molar-refractivity contribution < 1.29 is 29.4 Å². The van der Waals surface area contributed by atoms with Gasteiger partial charge in [0.1, 0.15) is 24.2 Å². The van der Waals surface area contributed by atoms with Gasteiger partial charge in [0, 0.05) is 6.42 Å². The number of benzene rings is 1. The van der Waals surface area contributed by atoms with Gasteiger partial charge in [-0.15, -0.1) is 0 Å². The molecule has 178 valence electrons. The molecule has 0 saturated carbocycles. The van der Waals surface area contributed by atoms with Crippen molar-refractivity contribution in [3.8, 4) is 0 Å². The highest BCUT2D eigenvalue weighted by Gasteiger charge is 2.29. The number of hydrogen-bond acceptors (Lipinski definition) is 6. The van der Waals surface area contributed by atoms with Crippen molar-refractivity contribution in [2.24, 2.45) is 11.7 Å². The van der Waals surface area contributed by atoms with Gasteiger partial charge >= 0.3 is 5.97 Å². The number of rotatable bonds is 12. The van der Waals surface area contributed by atoms with Gasteiger partial charge in [0.05, 0.1) is 6.10 Å². The van der Waals surface area contributed by atoms with Gasteiger partial charge in [-0.2, -0.15) is 0 Å². The summed E-state index contributed by atoms with van der Waals surface area (Å²) in [5.74, 6) is -3.12. The van der Waals surface area contributed by atoms with Crippen molar-refractivity contribution in [1.29, 1.82) is 0 Å². The normalized spacial score (nSPS) is 15.7. The number of aliphatic hydroxyl groups is 1. The molecule has 5 atom stereocenters. The fourth-order valence-electron chi connectivity index (χ4n) is 2.92. The van der Waals surface area contributed by atoms with E-state index in [2.05, 4.69) is 16.0 Å². The van der Waals surface area contributed by atoms with Crippen molar-refractivity contribution >= 4 is 23.7 Å². The molecule has 0 fully saturated rings. The molecule has 1 rings (SSSR count). The SMILES string of the molecule is CC(C)CC(NC(=O)C(C)NC(=O)C(Cc1ccccc1)NC(=O)C(N)C(C)O)C(=O)O. The minimum Gasteiger partial charge on any atom is -0.480 e. The van der Waals surface area contributed by atoms with E-state index in [1.807, 2.05) is 19.9 Å². The van der Waals surface area contributed by atoms with Crippen molar-refractivity contribution in [3.63, 3.8) is 0 Å². The minimum absolute atomic E-state index is 0.0462. The summed E-state index contributed by atoms with van der Waals surface area (Å²) >= 11 is 0. The Hall–Kier alpha value is -2.98. The van der Waals surface area contributed by atoms with Crippen molar-refractivity contribution in [1.82, 2.24) is 16.0 Å². The van der Waals surface area contributed by atoms with Crippen LogP contribution in [0.15, 0.2) is 30.3 Å². The molecule has 0 heterocycles. The Morgan fingerprint density at radius 3 is 1.94 bits per heavy atom. The third-order valence-corrected chi connectivity index (χ3v) is 4.81. The second-order valence-corrected chi connectivity index (χ2v) is 8.28. The van der Waals surface area contributed by atoms with E-state index >= 15 is 0 Å². The number of nitrogens with one attached hydrogen (secondary N) is 3. The topological polar surface area (TPSA) is 171 Å². The summed E-state index contributed by atoms with van der Waals surface area (Å²) in [5, 5.41) is 26.3. The molecule has 0 aliphatic heterocycles.